The summed E-state index contributed by atoms with van der Waals surface area (Å²) in [7, 11) is 0. The Morgan fingerprint density at radius 2 is 2.10 bits per heavy atom. The second kappa shape index (κ2) is 6.86. The van der Waals surface area contributed by atoms with Crippen LogP contribution in [0.4, 0.5) is 5.69 Å². The van der Waals surface area contributed by atoms with Gasteiger partial charge in [0.15, 0.2) is 0 Å². The number of benzene rings is 1. The monoisotopic (exact) mass is 276 g/mol. The van der Waals surface area contributed by atoms with Crippen molar-refractivity contribution >= 4 is 11.6 Å². The normalized spacial score (nSPS) is 17.7. The number of hydrogen-bond donors (Lipinski definition) is 2. The molecule has 0 atom stereocenters. The van der Waals surface area contributed by atoms with E-state index in [-0.39, 0.29) is 11.3 Å². The van der Waals surface area contributed by atoms with E-state index < -0.39 is 0 Å². The first-order chi connectivity index (χ1) is 9.57. The summed E-state index contributed by atoms with van der Waals surface area (Å²) in [4.78, 5) is 11.9. The zero-order chi connectivity index (χ0) is 14.4. The maximum atomic E-state index is 11.9. The second-order valence-corrected chi connectivity index (χ2v) is 5.94. The number of rotatable bonds is 5. The Labute approximate surface area is 120 Å². The summed E-state index contributed by atoms with van der Waals surface area (Å²) in [6.45, 7) is 7.13. The minimum atomic E-state index is 0.00580. The van der Waals surface area contributed by atoms with Crippen LogP contribution in [0.5, 0.6) is 0 Å². The van der Waals surface area contributed by atoms with Crippen molar-refractivity contribution in [3.05, 3.63) is 29.8 Å². The van der Waals surface area contributed by atoms with Crippen molar-refractivity contribution < 1.29 is 9.53 Å². The lowest BCUT2D eigenvalue weighted by atomic mass is 9.82. The van der Waals surface area contributed by atoms with E-state index in [0.29, 0.717) is 6.54 Å². The van der Waals surface area contributed by atoms with Crippen LogP contribution in [0.1, 0.15) is 25.3 Å². The number of anilines is 1. The molecule has 0 radical (unpaired) electrons. The molecule has 1 heterocycles. The van der Waals surface area contributed by atoms with Gasteiger partial charge in [-0.05, 0) is 42.9 Å². The van der Waals surface area contributed by atoms with E-state index in [1.807, 2.05) is 31.2 Å². The Kier molecular flexibility index (Phi) is 5.15. The van der Waals surface area contributed by atoms with Crippen LogP contribution in [0, 0.1) is 12.3 Å². The first-order valence-electron chi connectivity index (χ1n) is 7.22. The van der Waals surface area contributed by atoms with E-state index in [1.54, 1.807) is 0 Å². The molecule has 0 saturated carbocycles. The molecule has 1 aliphatic heterocycles. The minimum absolute atomic E-state index is 0.00580. The Hall–Kier alpha value is -1.39. The number of hydrogen-bond acceptors (Lipinski definition) is 3. The van der Waals surface area contributed by atoms with Crippen molar-refractivity contribution in [1.29, 1.82) is 0 Å². The molecule has 0 aliphatic carbocycles. The van der Waals surface area contributed by atoms with Crippen molar-refractivity contribution in [1.82, 2.24) is 5.32 Å². The first kappa shape index (κ1) is 15.0. The predicted octanol–water partition coefficient (Wildman–Crippen LogP) is 2.34. The highest BCUT2D eigenvalue weighted by molar-refractivity contribution is 5.92. The SMILES string of the molecule is Cc1cccc(NC(=O)CNCC2(C)CCOCC2)c1. The van der Waals surface area contributed by atoms with Crippen LogP contribution in [-0.4, -0.2) is 32.2 Å². The van der Waals surface area contributed by atoms with Gasteiger partial charge < -0.3 is 15.4 Å². The van der Waals surface area contributed by atoms with Crippen LogP contribution >= 0.6 is 0 Å². The Balaban J connectivity index is 1.72. The molecule has 0 spiro atoms. The van der Waals surface area contributed by atoms with Crippen LogP contribution < -0.4 is 10.6 Å². The summed E-state index contributed by atoms with van der Waals surface area (Å²) in [6, 6.07) is 7.84. The molecule has 1 aromatic carbocycles. The van der Waals surface area contributed by atoms with Gasteiger partial charge in [0, 0.05) is 25.4 Å². The lowest BCUT2D eigenvalue weighted by Crippen LogP contribution is -2.39. The third kappa shape index (κ3) is 4.62. The molecule has 0 bridgehead atoms. The van der Waals surface area contributed by atoms with Crippen LogP contribution in [0.15, 0.2) is 24.3 Å². The standard InChI is InChI=1S/C16H24N2O2/c1-13-4-3-5-14(10-13)18-15(19)11-17-12-16(2)6-8-20-9-7-16/h3-5,10,17H,6-9,11-12H2,1-2H3,(H,18,19). The van der Waals surface area contributed by atoms with Crippen molar-refractivity contribution in [2.75, 3.05) is 31.6 Å². The zero-order valence-electron chi connectivity index (χ0n) is 12.4. The summed E-state index contributed by atoms with van der Waals surface area (Å²) in [5.41, 5.74) is 2.25. The molecular formula is C16H24N2O2. The van der Waals surface area contributed by atoms with Gasteiger partial charge in [-0.1, -0.05) is 19.1 Å². The van der Waals surface area contributed by atoms with Crippen molar-refractivity contribution in [3.8, 4) is 0 Å². The Morgan fingerprint density at radius 3 is 2.80 bits per heavy atom. The Morgan fingerprint density at radius 1 is 1.35 bits per heavy atom. The largest absolute Gasteiger partial charge is 0.381 e. The maximum Gasteiger partial charge on any atom is 0.238 e. The lowest BCUT2D eigenvalue weighted by molar-refractivity contribution is -0.115. The molecule has 0 unspecified atom stereocenters. The average molecular weight is 276 g/mol. The molecule has 2 N–H and O–H groups in total. The second-order valence-electron chi connectivity index (χ2n) is 5.94. The van der Waals surface area contributed by atoms with E-state index in [9.17, 15) is 4.79 Å². The van der Waals surface area contributed by atoms with Crippen molar-refractivity contribution in [2.45, 2.75) is 26.7 Å². The molecule has 1 saturated heterocycles. The van der Waals surface area contributed by atoms with Gasteiger partial charge in [-0.2, -0.15) is 0 Å². The van der Waals surface area contributed by atoms with E-state index in [4.69, 9.17) is 4.74 Å². The number of aryl methyl sites for hydroxylation is 1. The molecule has 1 aliphatic rings. The van der Waals surface area contributed by atoms with Gasteiger partial charge in [-0.3, -0.25) is 4.79 Å². The van der Waals surface area contributed by atoms with Crippen molar-refractivity contribution in [2.24, 2.45) is 5.41 Å². The van der Waals surface area contributed by atoms with Gasteiger partial charge in [0.2, 0.25) is 5.91 Å². The number of amides is 1. The van der Waals surface area contributed by atoms with Crippen molar-refractivity contribution in [3.63, 3.8) is 0 Å². The van der Waals surface area contributed by atoms with Crippen LogP contribution in [-0.2, 0) is 9.53 Å². The average Bonchev–Trinajstić information content (AvgIpc) is 2.39. The topological polar surface area (TPSA) is 50.4 Å². The van der Waals surface area contributed by atoms with Crippen LogP contribution in [0.2, 0.25) is 0 Å². The molecule has 110 valence electrons. The summed E-state index contributed by atoms with van der Waals surface area (Å²) >= 11 is 0. The van der Waals surface area contributed by atoms with Gasteiger partial charge in [-0.25, -0.2) is 0 Å². The molecule has 20 heavy (non-hydrogen) atoms. The Bertz CT molecular complexity index is 454. The third-order valence-corrected chi connectivity index (χ3v) is 3.84. The number of carbonyl (C=O) groups excluding carboxylic acids is 1. The lowest BCUT2D eigenvalue weighted by Gasteiger charge is -2.33. The molecule has 1 amide bonds. The molecule has 1 aromatic rings. The number of carbonyl (C=O) groups is 1. The summed E-state index contributed by atoms with van der Waals surface area (Å²) in [6.07, 6.45) is 2.11. The van der Waals surface area contributed by atoms with Gasteiger partial charge in [-0.15, -0.1) is 0 Å². The fraction of sp³-hybridized carbons (Fsp3) is 0.562. The first-order valence-corrected chi connectivity index (χ1v) is 7.22. The highest BCUT2D eigenvalue weighted by Crippen LogP contribution is 2.28. The molecule has 2 rings (SSSR count). The van der Waals surface area contributed by atoms with Crippen LogP contribution in [0.25, 0.3) is 0 Å². The third-order valence-electron chi connectivity index (χ3n) is 3.84. The highest BCUT2D eigenvalue weighted by atomic mass is 16.5. The smallest absolute Gasteiger partial charge is 0.238 e. The van der Waals surface area contributed by atoms with E-state index in [0.717, 1.165) is 43.9 Å². The van der Waals surface area contributed by atoms with E-state index in [2.05, 4.69) is 17.6 Å². The molecule has 1 fully saturated rings. The molecular weight excluding hydrogens is 252 g/mol. The number of ether oxygens (including phenoxy) is 1. The fourth-order valence-corrected chi connectivity index (χ4v) is 2.45. The quantitative estimate of drug-likeness (QED) is 0.868. The molecule has 4 heteroatoms. The summed E-state index contributed by atoms with van der Waals surface area (Å²) in [5.74, 6) is 0.00580. The summed E-state index contributed by atoms with van der Waals surface area (Å²) < 4.78 is 5.38. The zero-order valence-corrected chi connectivity index (χ0v) is 12.4. The minimum Gasteiger partial charge on any atom is -0.381 e. The van der Waals surface area contributed by atoms with Crippen LogP contribution in [0.3, 0.4) is 0 Å². The molecule has 0 aromatic heterocycles. The van der Waals surface area contributed by atoms with Gasteiger partial charge in [0.05, 0.1) is 6.54 Å². The number of nitrogens with one attached hydrogen (secondary N) is 2. The van der Waals surface area contributed by atoms with Gasteiger partial charge >= 0.3 is 0 Å². The van der Waals surface area contributed by atoms with E-state index in [1.165, 1.54) is 0 Å². The predicted molar refractivity (Wildman–Crippen MR) is 80.8 cm³/mol. The fourth-order valence-electron chi connectivity index (χ4n) is 2.45. The van der Waals surface area contributed by atoms with Gasteiger partial charge in [0.1, 0.15) is 0 Å². The van der Waals surface area contributed by atoms with Gasteiger partial charge in [0.25, 0.3) is 0 Å². The summed E-state index contributed by atoms with van der Waals surface area (Å²) in [5, 5.41) is 6.17. The highest BCUT2D eigenvalue weighted by Gasteiger charge is 2.26. The maximum absolute atomic E-state index is 11.9. The molecule has 4 nitrogen and oxygen atoms in total. The van der Waals surface area contributed by atoms with E-state index >= 15 is 0 Å².